The third-order valence-electron chi connectivity index (χ3n) is 2.93. The van der Waals surface area contributed by atoms with Crippen molar-refractivity contribution in [3.63, 3.8) is 0 Å². The Kier molecular flexibility index (Phi) is 8.86. The number of hydrogen-bond donors (Lipinski definition) is 1. The van der Waals surface area contributed by atoms with E-state index in [1.807, 2.05) is 14.1 Å². The normalized spacial score (nSPS) is 11.6. The van der Waals surface area contributed by atoms with Crippen LogP contribution in [0.4, 0.5) is 8.78 Å². The molecule has 8 heteroatoms. The van der Waals surface area contributed by atoms with Crippen molar-refractivity contribution in [3.8, 4) is 5.75 Å². The molecule has 24 heavy (non-hydrogen) atoms. The molecule has 0 bridgehead atoms. The minimum Gasteiger partial charge on any atom is -0.478 e. The zero-order chi connectivity index (χ0) is 18.2. The molecule has 0 aliphatic heterocycles. The van der Waals surface area contributed by atoms with Crippen LogP contribution in [0.3, 0.4) is 0 Å². The highest BCUT2D eigenvalue weighted by Gasteiger charge is 2.29. The maximum absolute atomic E-state index is 13.2. The van der Waals surface area contributed by atoms with Crippen molar-refractivity contribution in [2.75, 3.05) is 38.7 Å². The summed E-state index contributed by atoms with van der Waals surface area (Å²) in [5.41, 5.74) is -1.22. The number of benzene rings is 1. The van der Waals surface area contributed by atoms with Gasteiger partial charge in [0, 0.05) is 42.8 Å². The Morgan fingerprint density at radius 1 is 1.17 bits per heavy atom. The maximum Gasteiger partial charge on any atom is 0.263 e. The quantitative estimate of drug-likeness (QED) is 0.500. The van der Waals surface area contributed by atoms with Crippen molar-refractivity contribution < 1.29 is 18.3 Å². The van der Waals surface area contributed by atoms with Crippen LogP contribution in [0.5, 0.6) is 5.75 Å². The third kappa shape index (κ3) is 8.21. The Balaban J connectivity index is 2.34. The van der Waals surface area contributed by atoms with Crippen LogP contribution in [0, 0.1) is 11.6 Å². The van der Waals surface area contributed by atoms with Crippen LogP contribution in [0.25, 0.3) is 0 Å². The van der Waals surface area contributed by atoms with Gasteiger partial charge in [-0.2, -0.15) is 0 Å². The van der Waals surface area contributed by atoms with Gasteiger partial charge >= 0.3 is 0 Å². The molecule has 1 amide bonds. The first-order valence-corrected chi connectivity index (χ1v) is 10.0. The molecule has 1 rings (SSSR count). The summed E-state index contributed by atoms with van der Waals surface area (Å²) in [5.74, 6) is -0.0353. The molecule has 0 saturated carbocycles. The predicted octanol–water partition coefficient (Wildman–Crippen LogP) is 3.18. The van der Waals surface area contributed by atoms with Crippen molar-refractivity contribution in [2.45, 2.75) is 19.4 Å². The van der Waals surface area contributed by atoms with Gasteiger partial charge < -0.3 is 15.0 Å². The van der Waals surface area contributed by atoms with Crippen LogP contribution >= 0.6 is 21.6 Å². The lowest BCUT2D eigenvalue weighted by atomic mass is 10.1. The smallest absolute Gasteiger partial charge is 0.263 e. The molecule has 1 N–H and O–H groups in total. The van der Waals surface area contributed by atoms with Gasteiger partial charge in [-0.15, -0.1) is 0 Å². The molecule has 0 spiro atoms. The van der Waals surface area contributed by atoms with E-state index in [0.29, 0.717) is 6.54 Å². The zero-order valence-electron chi connectivity index (χ0n) is 14.4. The second-order valence-electron chi connectivity index (χ2n) is 5.92. The van der Waals surface area contributed by atoms with Gasteiger partial charge in [-0.1, -0.05) is 21.6 Å². The van der Waals surface area contributed by atoms with Gasteiger partial charge in [0.25, 0.3) is 5.91 Å². The Morgan fingerprint density at radius 3 is 2.33 bits per heavy atom. The van der Waals surface area contributed by atoms with E-state index in [9.17, 15) is 13.6 Å². The van der Waals surface area contributed by atoms with Crippen molar-refractivity contribution in [1.82, 2.24) is 10.2 Å². The molecular weight excluding hydrogens is 354 g/mol. The summed E-state index contributed by atoms with van der Waals surface area (Å²) in [7, 11) is 7.50. The molecule has 0 unspecified atom stereocenters. The Bertz CT molecular complexity index is 523. The standard InChI is InChI=1S/C16H24F2N2O2S2/c1-16(2,22-14-10-12(17)9-13(18)11-14)15(21)19-5-7-23-24-8-6-20(3)4/h9-11H,5-8H2,1-4H3,(H,19,21). The van der Waals surface area contributed by atoms with Crippen molar-refractivity contribution in [1.29, 1.82) is 0 Å². The largest absolute Gasteiger partial charge is 0.478 e. The van der Waals surface area contributed by atoms with Crippen LogP contribution in [0.1, 0.15) is 13.8 Å². The fourth-order valence-electron chi connectivity index (χ4n) is 1.69. The average molecular weight is 379 g/mol. The van der Waals surface area contributed by atoms with Crippen LogP contribution in [-0.2, 0) is 4.79 Å². The zero-order valence-corrected chi connectivity index (χ0v) is 16.0. The molecular formula is C16H24F2N2O2S2. The molecule has 0 aromatic heterocycles. The SMILES string of the molecule is CN(C)CCSSCCNC(=O)C(C)(C)Oc1cc(F)cc(F)c1. The van der Waals surface area contributed by atoms with E-state index in [4.69, 9.17) is 4.74 Å². The number of carbonyl (C=O) groups is 1. The lowest BCUT2D eigenvalue weighted by molar-refractivity contribution is -0.134. The summed E-state index contributed by atoms with van der Waals surface area (Å²) >= 11 is 0. The van der Waals surface area contributed by atoms with E-state index >= 15 is 0 Å². The highest BCUT2D eigenvalue weighted by molar-refractivity contribution is 8.76. The van der Waals surface area contributed by atoms with Crippen LogP contribution < -0.4 is 10.1 Å². The molecule has 0 atom stereocenters. The van der Waals surface area contributed by atoms with Crippen molar-refractivity contribution in [3.05, 3.63) is 29.8 Å². The van der Waals surface area contributed by atoms with Gasteiger partial charge in [-0.25, -0.2) is 8.78 Å². The summed E-state index contributed by atoms with van der Waals surface area (Å²) in [5, 5.41) is 2.78. The van der Waals surface area contributed by atoms with E-state index in [1.165, 1.54) is 0 Å². The monoisotopic (exact) mass is 378 g/mol. The highest BCUT2D eigenvalue weighted by atomic mass is 33.1. The minimum absolute atomic E-state index is 0.0127. The van der Waals surface area contributed by atoms with Crippen LogP contribution in [0.15, 0.2) is 18.2 Å². The van der Waals surface area contributed by atoms with Crippen molar-refractivity contribution in [2.24, 2.45) is 0 Å². The van der Waals surface area contributed by atoms with E-state index < -0.39 is 17.2 Å². The molecule has 0 heterocycles. The first kappa shape index (κ1) is 21.1. The second-order valence-corrected chi connectivity index (χ2v) is 8.62. The molecule has 1 aromatic carbocycles. The van der Waals surface area contributed by atoms with Crippen molar-refractivity contribution >= 4 is 27.5 Å². The predicted molar refractivity (Wildman–Crippen MR) is 97.5 cm³/mol. The number of halogens is 2. The molecule has 1 aromatic rings. The van der Waals surface area contributed by atoms with Crippen LogP contribution in [0.2, 0.25) is 0 Å². The number of nitrogens with one attached hydrogen (secondary N) is 1. The van der Waals surface area contributed by atoms with Gasteiger partial charge in [-0.05, 0) is 27.9 Å². The summed E-state index contributed by atoms with van der Waals surface area (Å²) in [6.45, 7) is 4.63. The van der Waals surface area contributed by atoms with Gasteiger partial charge in [0.1, 0.15) is 17.4 Å². The number of carbonyl (C=O) groups excluding carboxylic acids is 1. The summed E-state index contributed by atoms with van der Waals surface area (Å²) in [6, 6.07) is 2.86. The van der Waals surface area contributed by atoms with Gasteiger partial charge in [0.05, 0.1) is 0 Å². The first-order chi connectivity index (χ1) is 11.2. The third-order valence-corrected chi connectivity index (χ3v) is 5.32. The lowest BCUT2D eigenvalue weighted by Gasteiger charge is -2.25. The van der Waals surface area contributed by atoms with Crippen LogP contribution in [-0.4, -0.2) is 55.1 Å². The number of amides is 1. The number of ether oxygens (including phenoxy) is 1. The Labute approximate surface area is 150 Å². The molecule has 0 radical (unpaired) electrons. The van der Waals surface area contributed by atoms with E-state index in [2.05, 4.69) is 10.2 Å². The van der Waals surface area contributed by atoms with E-state index in [0.717, 1.165) is 36.2 Å². The van der Waals surface area contributed by atoms with E-state index in [1.54, 1.807) is 35.4 Å². The number of nitrogens with zero attached hydrogens (tertiary/aromatic N) is 1. The first-order valence-electron chi connectivity index (χ1n) is 7.53. The van der Waals surface area contributed by atoms with Gasteiger partial charge in [-0.3, -0.25) is 4.79 Å². The maximum atomic E-state index is 13.2. The Hall–Kier alpha value is -0.990. The fraction of sp³-hybridized carbons (Fsp3) is 0.562. The van der Waals surface area contributed by atoms with Gasteiger partial charge in [0.15, 0.2) is 5.60 Å². The van der Waals surface area contributed by atoms with Gasteiger partial charge in [0.2, 0.25) is 0 Å². The molecule has 4 nitrogen and oxygen atoms in total. The summed E-state index contributed by atoms with van der Waals surface area (Å²) < 4.78 is 31.8. The molecule has 0 aliphatic carbocycles. The summed E-state index contributed by atoms with van der Waals surface area (Å²) in [6.07, 6.45) is 0. The highest BCUT2D eigenvalue weighted by Crippen LogP contribution is 2.22. The minimum atomic E-state index is -1.22. The number of rotatable bonds is 10. The molecule has 136 valence electrons. The average Bonchev–Trinajstić information content (AvgIpc) is 2.43. The Morgan fingerprint density at radius 2 is 1.75 bits per heavy atom. The molecule has 0 fully saturated rings. The fourth-order valence-corrected chi connectivity index (χ4v) is 3.73. The number of hydrogen-bond acceptors (Lipinski definition) is 5. The van der Waals surface area contributed by atoms with E-state index in [-0.39, 0.29) is 11.7 Å². The topological polar surface area (TPSA) is 41.6 Å². The molecule has 0 saturated heterocycles. The second kappa shape index (κ2) is 10.1. The summed E-state index contributed by atoms with van der Waals surface area (Å²) in [4.78, 5) is 14.3. The molecule has 0 aliphatic rings. The lowest BCUT2D eigenvalue weighted by Crippen LogP contribution is -2.47.